The molecule has 0 aliphatic carbocycles. The van der Waals surface area contributed by atoms with Gasteiger partial charge in [0.05, 0.1) is 12.6 Å². The van der Waals surface area contributed by atoms with Crippen LogP contribution in [0.5, 0.6) is 0 Å². The number of piperidine rings is 1. The van der Waals surface area contributed by atoms with E-state index in [0.717, 1.165) is 43.2 Å². The molecule has 1 aromatic carbocycles. The van der Waals surface area contributed by atoms with E-state index in [2.05, 4.69) is 15.0 Å². The van der Waals surface area contributed by atoms with Crippen LogP contribution >= 0.6 is 0 Å². The summed E-state index contributed by atoms with van der Waals surface area (Å²) < 4.78 is 5.35. The van der Waals surface area contributed by atoms with Crippen molar-refractivity contribution >= 4 is 6.29 Å². The Morgan fingerprint density at radius 2 is 2.24 bits per heavy atom. The van der Waals surface area contributed by atoms with E-state index < -0.39 is 0 Å². The third-order valence-electron chi connectivity index (χ3n) is 4.01. The molecule has 1 aliphatic heterocycles. The number of aryl methyl sites for hydroxylation is 1. The van der Waals surface area contributed by atoms with E-state index in [9.17, 15) is 4.79 Å². The maximum absolute atomic E-state index is 11.1. The molecular formula is C16H19N3O2. The van der Waals surface area contributed by atoms with Crippen molar-refractivity contribution in [3.05, 3.63) is 35.7 Å². The standard InChI is InChI=1S/C16H19N3O2/c1-12-6-2-3-8-14(12)16-17-15(21-18-16)10-19-9-5-4-7-13(19)11-20/h2-3,6,8,11,13H,4-5,7,9-10H2,1H3. The summed E-state index contributed by atoms with van der Waals surface area (Å²) in [6.45, 7) is 3.48. The Hall–Kier alpha value is -2.01. The number of likely N-dealkylation sites (tertiary alicyclic amines) is 1. The van der Waals surface area contributed by atoms with Crippen molar-refractivity contribution in [1.29, 1.82) is 0 Å². The van der Waals surface area contributed by atoms with E-state index in [-0.39, 0.29) is 6.04 Å². The lowest BCUT2D eigenvalue weighted by Gasteiger charge is -2.30. The van der Waals surface area contributed by atoms with Crippen LogP contribution in [0.1, 0.15) is 30.7 Å². The zero-order valence-electron chi connectivity index (χ0n) is 12.2. The number of nitrogens with zero attached hydrogens (tertiary/aromatic N) is 3. The molecule has 0 saturated carbocycles. The second kappa shape index (κ2) is 6.18. The Morgan fingerprint density at radius 3 is 3.05 bits per heavy atom. The molecule has 5 nitrogen and oxygen atoms in total. The molecule has 0 bridgehead atoms. The number of benzene rings is 1. The fourth-order valence-electron chi connectivity index (χ4n) is 2.79. The Balaban J connectivity index is 1.76. The van der Waals surface area contributed by atoms with Gasteiger partial charge < -0.3 is 9.32 Å². The van der Waals surface area contributed by atoms with E-state index in [1.165, 1.54) is 0 Å². The lowest BCUT2D eigenvalue weighted by Crippen LogP contribution is -2.39. The van der Waals surface area contributed by atoms with E-state index >= 15 is 0 Å². The van der Waals surface area contributed by atoms with Crippen LogP contribution in [0.25, 0.3) is 11.4 Å². The van der Waals surface area contributed by atoms with Gasteiger partial charge in [0.25, 0.3) is 0 Å². The summed E-state index contributed by atoms with van der Waals surface area (Å²) in [6, 6.07) is 7.94. The number of hydrogen-bond donors (Lipinski definition) is 0. The fourth-order valence-corrected chi connectivity index (χ4v) is 2.79. The number of carbonyl (C=O) groups excluding carboxylic acids is 1. The topological polar surface area (TPSA) is 59.2 Å². The lowest BCUT2D eigenvalue weighted by atomic mass is 10.0. The van der Waals surface area contributed by atoms with Gasteiger partial charge in [-0.25, -0.2) is 0 Å². The lowest BCUT2D eigenvalue weighted by molar-refractivity contribution is -0.113. The van der Waals surface area contributed by atoms with Crippen molar-refractivity contribution in [3.63, 3.8) is 0 Å². The van der Waals surface area contributed by atoms with Crippen LogP contribution in [0.4, 0.5) is 0 Å². The van der Waals surface area contributed by atoms with Gasteiger partial charge in [-0.15, -0.1) is 0 Å². The fraction of sp³-hybridized carbons (Fsp3) is 0.438. The van der Waals surface area contributed by atoms with Crippen molar-refractivity contribution < 1.29 is 9.32 Å². The van der Waals surface area contributed by atoms with Gasteiger partial charge in [-0.05, 0) is 31.9 Å². The second-order valence-electron chi connectivity index (χ2n) is 5.50. The van der Waals surface area contributed by atoms with Crippen molar-refractivity contribution in [2.24, 2.45) is 0 Å². The quantitative estimate of drug-likeness (QED) is 0.808. The molecular weight excluding hydrogens is 266 g/mol. The normalized spacial score (nSPS) is 19.6. The molecule has 1 atom stereocenters. The molecule has 0 radical (unpaired) electrons. The smallest absolute Gasteiger partial charge is 0.241 e. The number of rotatable bonds is 4. The Morgan fingerprint density at radius 1 is 1.38 bits per heavy atom. The van der Waals surface area contributed by atoms with E-state index in [1.54, 1.807) is 0 Å². The molecule has 2 heterocycles. The second-order valence-corrected chi connectivity index (χ2v) is 5.50. The van der Waals surface area contributed by atoms with E-state index in [0.29, 0.717) is 18.3 Å². The SMILES string of the molecule is Cc1ccccc1-c1noc(CN2CCCCC2C=O)n1. The first kappa shape index (κ1) is 13.9. The molecule has 1 aromatic heterocycles. The minimum Gasteiger partial charge on any atom is -0.338 e. The molecule has 3 rings (SSSR count). The predicted octanol–water partition coefficient (Wildman–Crippen LogP) is 2.60. The summed E-state index contributed by atoms with van der Waals surface area (Å²) in [6.07, 6.45) is 4.17. The highest BCUT2D eigenvalue weighted by molar-refractivity contribution is 5.59. The highest BCUT2D eigenvalue weighted by Gasteiger charge is 2.24. The van der Waals surface area contributed by atoms with E-state index in [4.69, 9.17) is 4.52 Å². The van der Waals surface area contributed by atoms with Crippen molar-refractivity contribution in [2.45, 2.75) is 38.8 Å². The first-order valence-corrected chi connectivity index (χ1v) is 7.36. The van der Waals surface area contributed by atoms with Crippen LogP contribution in [0.2, 0.25) is 0 Å². The maximum Gasteiger partial charge on any atom is 0.241 e. The molecule has 0 spiro atoms. The predicted molar refractivity (Wildman–Crippen MR) is 78.6 cm³/mol. The van der Waals surface area contributed by atoms with Crippen molar-refractivity contribution in [1.82, 2.24) is 15.0 Å². The summed E-state index contributed by atoms with van der Waals surface area (Å²) in [4.78, 5) is 17.7. The third kappa shape index (κ3) is 3.03. The number of aromatic nitrogens is 2. The molecule has 5 heteroatoms. The van der Waals surface area contributed by atoms with Gasteiger partial charge in [0.2, 0.25) is 11.7 Å². The largest absolute Gasteiger partial charge is 0.338 e. The van der Waals surface area contributed by atoms with Crippen LogP contribution in [-0.4, -0.2) is 33.9 Å². The average Bonchev–Trinajstić information content (AvgIpc) is 2.96. The Kier molecular flexibility index (Phi) is 4.10. The Labute approximate surface area is 124 Å². The molecule has 1 aliphatic rings. The minimum atomic E-state index is -0.0208. The molecule has 1 unspecified atom stereocenters. The first-order valence-electron chi connectivity index (χ1n) is 7.36. The van der Waals surface area contributed by atoms with Crippen molar-refractivity contribution in [2.75, 3.05) is 6.54 Å². The average molecular weight is 285 g/mol. The van der Waals surface area contributed by atoms with Crippen LogP contribution in [0, 0.1) is 6.92 Å². The first-order chi connectivity index (χ1) is 10.3. The molecule has 2 aromatic rings. The highest BCUT2D eigenvalue weighted by Crippen LogP contribution is 2.22. The van der Waals surface area contributed by atoms with Gasteiger partial charge in [-0.3, -0.25) is 4.90 Å². The van der Waals surface area contributed by atoms with E-state index in [1.807, 2.05) is 31.2 Å². The molecule has 0 amide bonds. The monoisotopic (exact) mass is 285 g/mol. The van der Waals surface area contributed by atoms with Gasteiger partial charge in [-0.2, -0.15) is 4.98 Å². The molecule has 0 N–H and O–H groups in total. The summed E-state index contributed by atoms with van der Waals surface area (Å²) >= 11 is 0. The van der Waals surface area contributed by atoms with Crippen LogP contribution in [-0.2, 0) is 11.3 Å². The van der Waals surface area contributed by atoms with Crippen molar-refractivity contribution in [3.8, 4) is 11.4 Å². The van der Waals surface area contributed by atoms with Gasteiger partial charge in [0, 0.05) is 5.56 Å². The Bertz CT molecular complexity index is 623. The van der Waals surface area contributed by atoms with Crippen LogP contribution < -0.4 is 0 Å². The zero-order chi connectivity index (χ0) is 14.7. The summed E-state index contributed by atoms with van der Waals surface area (Å²) in [5, 5.41) is 4.06. The molecule has 110 valence electrons. The highest BCUT2D eigenvalue weighted by atomic mass is 16.5. The number of aldehydes is 1. The number of hydrogen-bond acceptors (Lipinski definition) is 5. The van der Waals surface area contributed by atoms with Gasteiger partial charge >= 0.3 is 0 Å². The zero-order valence-corrected chi connectivity index (χ0v) is 12.2. The minimum absolute atomic E-state index is 0.0208. The summed E-state index contributed by atoms with van der Waals surface area (Å²) in [5.41, 5.74) is 2.10. The van der Waals surface area contributed by atoms with Crippen LogP contribution in [0.15, 0.2) is 28.8 Å². The van der Waals surface area contributed by atoms with Gasteiger partial charge in [0.1, 0.15) is 6.29 Å². The van der Waals surface area contributed by atoms with Crippen LogP contribution in [0.3, 0.4) is 0 Å². The van der Waals surface area contributed by atoms with Gasteiger partial charge in [-0.1, -0.05) is 35.8 Å². The third-order valence-corrected chi connectivity index (χ3v) is 4.01. The summed E-state index contributed by atoms with van der Waals surface area (Å²) in [5.74, 6) is 1.18. The molecule has 1 fully saturated rings. The summed E-state index contributed by atoms with van der Waals surface area (Å²) in [7, 11) is 0. The number of carbonyl (C=O) groups is 1. The molecule has 21 heavy (non-hydrogen) atoms. The molecule has 1 saturated heterocycles. The maximum atomic E-state index is 11.1. The van der Waals surface area contributed by atoms with Gasteiger partial charge in [0.15, 0.2) is 0 Å².